The smallest absolute Gasteiger partial charge is 0.180 e. The fraction of sp³-hybridized carbons (Fsp3) is 0.164. The molecule has 0 bridgehead atoms. The van der Waals surface area contributed by atoms with Gasteiger partial charge in [-0.2, -0.15) is 0 Å². The van der Waals surface area contributed by atoms with E-state index in [1.54, 1.807) is 11.1 Å². The Labute approximate surface area is 339 Å². The Morgan fingerprint density at radius 2 is 1.03 bits per heavy atom. The number of benzene rings is 7. The van der Waals surface area contributed by atoms with Gasteiger partial charge in [-0.25, -0.2) is 9.97 Å². The Kier molecular flexibility index (Phi) is 7.21. The van der Waals surface area contributed by atoms with Crippen LogP contribution < -0.4 is 0 Å². The van der Waals surface area contributed by atoms with Crippen molar-refractivity contribution in [3.05, 3.63) is 180 Å². The van der Waals surface area contributed by atoms with E-state index >= 15 is 0 Å². The molecule has 3 heteroatoms. The summed E-state index contributed by atoms with van der Waals surface area (Å²) >= 11 is 0. The number of aromatic nitrogens is 2. The molecule has 12 rings (SSSR count). The first kappa shape index (κ1) is 33.5. The van der Waals surface area contributed by atoms with Crippen molar-refractivity contribution in [2.45, 2.75) is 56.8 Å². The highest BCUT2D eigenvalue weighted by molar-refractivity contribution is 6.07. The van der Waals surface area contributed by atoms with E-state index in [1.165, 1.54) is 82.2 Å². The minimum Gasteiger partial charge on any atom is -0.452 e. The average Bonchev–Trinajstić information content (AvgIpc) is 3.86. The summed E-state index contributed by atoms with van der Waals surface area (Å²) in [6.07, 6.45) is 6.49. The van der Waals surface area contributed by atoms with Gasteiger partial charge in [0.05, 0.1) is 0 Å². The molecule has 58 heavy (non-hydrogen) atoms. The molecule has 2 aromatic heterocycles. The van der Waals surface area contributed by atoms with Crippen molar-refractivity contribution >= 4 is 22.1 Å². The summed E-state index contributed by atoms with van der Waals surface area (Å²) < 4.78 is 6.39. The summed E-state index contributed by atoms with van der Waals surface area (Å²) in [6, 6.07) is 57.6. The zero-order valence-corrected chi connectivity index (χ0v) is 32.8. The van der Waals surface area contributed by atoms with E-state index in [9.17, 15) is 0 Å². The van der Waals surface area contributed by atoms with E-state index in [4.69, 9.17) is 14.4 Å². The second-order valence-electron chi connectivity index (χ2n) is 17.2. The maximum Gasteiger partial charge on any atom is 0.180 e. The minimum absolute atomic E-state index is 0.0892. The van der Waals surface area contributed by atoms with E-state index in [2.05, 4.69) is 135 Å². The third-order valence-corrected chi connectivity index (χ3v) is 13.7. The molecule has 0 atom stereocenters. The van der Waals surface area contributed by atoms with Crippen LogP contribution in [0.3, 0.4) is 0 Å². The molecule has 9 aromatic rings. The van der Waals surface area contributed by atoms with E-state index in [1.807, 2.05) is 36.4 Å². The maximum absolute atomic E-state index is 6.39. The second kappa shape index (κ2) is 12.5. The van der Waals surface area contributed by atoms with Gasteiger partial charge in [0, 0.05) is 27.3 Å². The normalized spacial score (nSPS) is 15.7. The molecule has 0 saturated heterocycles. The summed E-state index contributed by atoms with van der Waals surface area (Å²) in [5.41, 5.74) is 21.8. The Balaban J connectivity index is 0.867. The number of rotatable bonds is 4. The zero-order chi connectivity index (χ0) is 38.6. The standard InChI is InChI=1S/C55H42N2O/c1-54(2)46-31-39(27-28-41(46)43-33-48-44(32-47(43)54)40-15-7-9-17-45(40)55(48)29-11-4-12-30-55)36-21-19-34(20-22-36)35-23-25-37(26-24-35)50-52-51(42-16-8-10-18-49(42)58-52)57-53(56-50)38-13-5-3-6-14-38/h3,5-10,13-28,31-33H,4,11-12,29-30H2,1-2H3. The van der Waals surface area contributed by atoms with Gasteiger partial charge >= 0.3 is 0 Å². The molecule has 1 spiro atoms. The van der Waals surface area contributed by atoms with Crippen LogP contribution >= 0.6 is 0 Å². The van der Waals surface area contributed by atoms with Crippen LogP contribution in [0.4, 0.5) is 0 Å². The molecule has 278 valence electrons. The molecule has 0 radical (unpaired) electrons. The van der Waals surface area contributed by atoms with Crippen LogP contribution in [0.5, 0.6) is 0 Å². The predicted molar refractivity (Wildman–Crippen MR) is 238 cm³/mol. The van der Waals surface area contributed by atoms with Crippen molar-refractivity contribution in [2.24, 2.45) is 0 Å². The van der Waals surface area contributed by atoms with Gasteiger partial charge in [0.25, 0.3) is 0 Å². The van der Waals surface area contributed by atoms with Crippen LogP contribution in [-0.2, 0) is 10.8 Å². The molecule has 0 N–H and O–H groups in total. The van der Waals surface area contributed by atoms with Gasteiger partial charge < -0.3 is 4.42 Å². The van der Waals surface area contributed by atoms with Crippen LogP contribution in [0.15, 0.2) is 162 Å². The number of hydrogen-bond donors (Lipinski definition) is 0. The summed E-state index contributed by atoms with van der Waals surface area (Å²) in [5.74, 6) is 0.690. The Morgan fingerprint density at radius 1 is 0.448 bits per heavy atom. The molecule has 0 unspecified atom stereocenters. The third kappa shape index (κ3) is 4.86. The van der Waals surface area contributed by atoms with Crippen molar-refractivity contribution in [2.75, 3.05) is 0 Å². The molecule has 7 aromatic carbocycles. The van der Waals surface area contributed by atoms with Gasteiger partial charge in [-0.15, -0.1) is 0 Å². The molecule has 3 nitrogen and oxygen atoms in total. The van der Waals surface area contributed by atoms with E-state index in [0.29, 0.717) is 11.4 Å². The lowest BCUT2D eigenvalue weighted by molar-refractivity contribution is 0.353. The van der Waals surface area contributed by atoms with Gasteiger partial charge in [-0.05, 0) is 110 Å². The van der Waals surface area contributed by atoms with Crippen molar-refractivity contribution in [1.29, 1.82) is 0 Å². The summed E-state index contributed by atoms with van der Waals surface area (Å²) in [7, 11) is 0. The third-order valence-electron chi connectivity index (χ3n) is 13.7. The van der Waals surface area contributed by atoms with Crippen LogP contribution in [0.25, 0.3) is 89.2 Å². The van der Waals surface area contributed by atoms with Gasteiger partial charge in [0.1, 0.15) is 16.8 Å². The van der Waals surface area contributed by atoms with Gasteiger partial charge in [0.2, 0.25) is 0 Å². The second-order valence-corrected chi connectivity index (χ2v) is 17.2. The Hall–Kier alpha value is -6.58. The van der Waals surface area contributed by atoms with E-state index in [0.717, 1.165) is 38.9 Å². The van der Waals surface area contributed by atoms with Crippen molar-refractivity contribution in [3.63, 3.8) is 0 Å². The fourth-order valence-electron chi connectivity index (χ4n) is 10.7. The monoisotopic (exact) mass is 746 g/mol. The van der Waals surface area contributed by atoms with Gasteiger partial charge in [0.15, 0.2) is 11.4 Å². The van der Waals surface area contributed by atoms with Crippen molar-refractivity contribution < 1.29 is 4.42 Å². The van der Waals surface area contributed by atoms with Crippen LogP contribution in [0.2, 0.25) is 0 Å². The number of fused-ring (bicyclic) bond motifs is 11. The first-order valence-corrected chi connectivity index (χ1v) is 20.9. The average molecular weight is 747 g/mol. The molecule has 0 amide bonds. The first-order chi connectivity index (χ1) is 28.5. The maximum atomic E-state index is 6.39. The number of furan rings is 1. The largest absolute Gasteiger partial charge is 0.452 e. The van der Waals surface area contributed by atoms with Crippen LogP contribution in [0.1, 0.15) is 68.2 Å². The molecule has 2 heterocycles. The minimum atomic E-state index is -0.0892. The lowest BCUT2D eigenvalue weighted by atomic mass is 9.67. The first-order valence-electron chi connectivity index (χ1n) is 20.9. The molecule has 3 aliphatic rings. The molecular formula is C55H42N2O. The number of para-hydroxylation sites is 1. The lowest BCUT2D eigenvalue weighted by Crippen LogP contribution is -2.28. The highest BCUT2D eigenvalue weighted by atomic mass is 16.3. The highest BCUT2D eigenvalue weighted by Gasteiger charge is 2.46. The van der Waals surface area contributed by atoms with Gasteiger partial charge in [-0.1, -0.05) is 161 Å². The summed E-state index contributed by atoms with van der Waals surface area (Å²) in [5, 5.41) is 0.994. The molecule has 3 aliphatic carbocycles. The molecule has 0 aliphatic heterocycles. The highest BCUT2D eigenvalue weighted by Crippen LogP contribution is 2.60. The number of hydrogen-bond acceptors (Lipinski definition) is 3. The topological polar surface area (TPSA) is 38.9 Å². The van der Waals surface area contributed by atoms with E-state index < -0.39 is 0 Å². The van der Waals surface area contributed by atoms with Crippen LogP contribution in [0, 0.1) is 0 Å². The van der Waals surface area contributed by atoms with Crippen molar-refractivity contribution in [3.8, 4) is 67.2 Å². The zero-order valence-electron chi connectivity index (χ0n) is 32.8. The summed E-state index contributed by atoms with van der Waals surface area (Å²) in [4.78, 5) is 10.1. The van der Waals surface area contributed by atoms with Gasteiger partial charge in [-0.3, -0.25) is 0 Å². The SMILES string of the molecule is CC1(C)c2cc(-c3ccc(-c4ccc(-c5nc(-c6ccccc6)nc6c5oc5ccccc56)cc4)cc3)ccc2-c2cc3c(cc21)-c1ccccc1C31CCCCC1. The molecule has 1 saturated carbocycles. The Morgan fingerprint density at radius 3 is 1.81 bits per heavy atom. The van der Waals surface area contributed by atoms with Crippen molar-refractivity contribution in [1.82, 2.24) is 9.97 Å². The summed E-state index contributed by atoms with van der Waals surface area (Å²) in [6.45, 7) is 4.84. The van der Waals surface area contributed by atoms with Crippen LogP contribution in [-0.4, -0.2) is 9.97 Å². The van der Waals surface area contributed by atoms with E-state index in [-0.39, 0.29) is 10.8 Å². The molecular weight excluding hydrogens is 705 g/mol. The predicted octanol–water partition coefficient (Wildman–Crippen LogP) is 14.6. The Bertz CT molecular complexity index is 3090. The molecule has 1 fully saturated rings. The quantitative estimate of drug-likeness (QED) is 0.180. The fourth-order valence-corrected chi connectivity index (χ4v) is 10.7. The lowest BCUT2D eigenvalue weighted by Gasteiger charge is -2.36. The number of nitrogens with zero attached hydrogens (tertiary/aromatic N) is 2.